The summed E-state index contributed by atoms with van der Waals surface area (Å²) in [6, 6.07) is 7.24. The van der Waals surface area contributed by atoms with Crippen molar-refractivity contribution in [2.24, 2.45) is 0 Å². The number of ether oxygens (including phenoxy) is 1. The van der Waals surface area contributed by atoms with Gasteiger partial charge in [0.15, 0.2) is 0 Å². The van der Waals surface area contributed by atoms with Crippen LogP contribution in [0.2, 0.25) is 0 Å². The average molecular weight is 341 g/mol. The molecule has 0 spiro atoms. The maximum Gasteiger partial charge on any atom is 0.0644 e. The molecule has 0 heterocycles. The number of anilines is 1. The molecule has 0 radical (unpaired) electrons. The molecule has 4 heteroatoms. The number of rotatable bonds is 8. The van der Waals surface area contributed by atoms with E-state index in [1.807, 2.05) is 0 Å². The van der Waals surface area contributed by atoms with E-state index >= 15 is 0 Å². The van der Waals surface area contributed by atoms with Crippen molar-refractivity contribution in [1.29, 1.82) is 0 Å². The molecule has 0 unspecified atom stereocenters. The Kier molecular flexibility index (Phi) is 5.87. The van der Waals surface area contributed by atoms with Crippen LogP contribution in [-0.2, 0) is 11.3 Å². The summed E-state index contributed by atoms with van der Waals surface area (Å²) >= 11 is 3.57. The van der Waals surface area contributed by atoms with Crippen molar-refractivity contribution in [1.82, 2.24) is 5.32 Å². The number of likely N-dealkylation sites (N-methyl/N-ethyl adjacent to an activating group) is 1. The van der Waals surface area contributed by atoms with Gasteiger partial charge in [0.2, 0.25) is 0 Å². The summed E-state index contributed by atoms with van der Waals surface area (Å²) in [5, 5.41) is 3.59. The van der Waals surface area contributed by atoms with Crippen LogP contribution in [0.1, 0.15) is 32.3 Å². The van der Waals surface area contributed by atoms with E-state index in [2.05, 4.69) is 65.2 Å². The molecule has 0 aliphatic heterocycles. The van der Waals surface area contributed by atoms with Gasteiger partial charge in [-0.15, -0.1) is 0 Å². The molecule has 1 fully saturated rings. The fraction of sp³-hybridized carbons (Fsp3) is 0.625. The zero-order valence-electron chi connectivity index (χ0n) is 12.7. The second-order valence-corrected chi connectivity index (χ2v) is 6.68. The van der Waals surface area contributed by atoms with Gasteiger partial charge in [0.05, 0.1) is 12.7 Å². The Morgan fingerprint density at radius 1 is 1.40 bits per heavy atom. The molecule has 112 valence electrons. The Morgan fingerprint density at radius 2 is 2.15 bits per heavy atom. The molecular weight excluding hydrogens is 316 g/mol. The molecule has 1 aromatic carbocycles. The fourth-order valence-electron chi connectivity index (χ4n) is 2.16. The molecule has 0 atom stereocenters. The summed E-state index contributed by atoms with van der Waals surface area (Å²) in [6.45, 7) is 6.76. The maximum absolute atomic E-state index is 5.64. The maximum atomic E-state index is 5.64. The zero-order valence-corrected chi connectivity index (χ0v) is 14.2. The van der Waals surface area contributed by atoms with Gasteiger partial charge >= 0.3 is 0 Å². The quantitative estimate of drug-likeness (QED) is 0.782. The van der Waals surface area contributed by atoms with Gasteiger partial charge < -0.3 is 15.0 Å². The summed E-state index contributed by atoms with van der Waals surface area (Å²) < 4.78 is 6.78. The lowest BCUT2D eigenvalue weighted by molar-refractivity contribution is 0.0846. The van der Waals surface area contributed by atoms with Gasteiger partial charge in [0.25, 0.3) is 0 Å². The molecule has 0 bridgehead atoms. The number of benzene rings is 1. The third-order valence-electron chi connectivity index (χ3n) is 3.49. The predicted octanol–water partition coefficient (Wildman–Crippen LogP) is 3.56. The number of nitrogens with zero attached hydrogens (tertiary/aromatic N) is 1. The van der Waals surface area contributed by atoms with Gasteiger partial charge in [-0.2, -0.15) is 0 Å². The minimum absolute atomic E-state index is 0.296. The van der Waals surface area contributed by atoms with Crippen LogP contribution in [0.5, 0.6) is 0 Å². The van der Waals surface area contributed by atoms with Crippen LogP contribution in [0.3, 0.4) is 0 Å². The first-order chi connectivity index (χ1) is 9.56. The van der Waals surface area contributed by atoms with Gasteiger partial charge in [-0.05, 0) is 50.5 Å². The van der Waals surface area contributed by atoms with Crippen molar-refractivity contribution in [3.05, 3.63) is 28.2 Å². The van der Waals surface area contributed by atoms with E-state index in [1.54, 1.807) is 0 Å². The van der Waals surface area contributed by atoms with E-state index in [1.165, 1.54) is 24.1 Å². The Morgan fingerprint density at radius 3 is 2.80 bits per heavy atom. The number of halogens is 1. The van der Waals surface area contributed by atoms with E-state index < -0.39 is 0 Å². The Hall–Kier alpha value is -0.580. The molecule has 1 saturated carbocycles. The normalized spacial score (nSPS) is 14.8. The standard InChI is InChI=1S/C16H25BrN2O/c1-12(2)20-9-8-19(3)16-7-4-14(17)10-13(16)11-18-15-5-6-15/h4,7,10,12,15,18H,5-6,8-9,11H2,1-3H3. The molecule has 0 saturated heterocycles. The van der Waals surface area contributed by atoms with Gasteiger partial charge in [-0.1, -0.05) is 15.9 Å². The fourth-order valence-corrected chi connectivity index (χ4v) is 2.56. The van der Waals surface area contributed by atoms with Gasteiger partial charge in [-0.25, -0.2) is 0 Å². The van der Waals surface area contributed by atoms with Crippen LogP contribution < -0.4 is 10.2 Å². The van der Waals surface area contributed by atoms with Crippen LogP contribution in [0.15, 0.2) is 22.7 Å². The predicted molar refractivity (Wildman–Crippen MR) is 88.4 cm³/mol. The van der Waals surface area contributed by atoms with E-state index in [9.17, 15) is 0 Å². The first-order valence-electron chi connectivity index (χ1n) is 7.41. The molecule has 1 N–H and O–H groups in total. The smallest absolute Gasteiger partial charge is 0.0644 e. The monoisotopic (exact) mass is 340 g/mol. The van der Waals surface area contributed by atoms with Crippen LogP contribution in [-0.4, -0.2) is 32.3 Å². The molecule has 1 aliphatic carbocycles. The van der Waals surface area contributed by atoms with Crippen molar-refractivity contribution < 1.29 is 4.74 Å². The van der Waals surface area contributed by atoms with Crippen LogP contribution in [0.4, 0.5) is 5.69 Å². The Balaban J connectivity index is 1.96. The van der Waals surface area contributed by atoms with Crippen LogP contribution in [0, 0.1) is 0 Å². The second kappa shape index (κ2) is 7.43. The van der Waals surface area contributed by atoms with Crippen molar-refractivity contribution in [3.8, 4) is 0 Å². The van der Waals surface area contributed by atoms with E-state index in [4.69, 9.17) is 4.74 Å². The Bertz CT molecular complexity index is 432. The summed E-state index contributed by atoms with van der Waals surface area (Å²) in [5.74, 6) is 0. The first kappa shape index (κ1) is 15.8. The number of nitrogens with one attached hydrogen (secondary N) is 1. The topological polar surface area (TPSA) is 24.5 Å². The SMILES string of the molecule is CC(C)OCCN(C)c1ccc(Br)cc1CNC1CC1. The molecule has 0 aromatic heterocycles. The highest BCUT2D eigenvalue weighted by Gasteiger charge is 2.20. The third-order valence-corrected chi connectivity index (χ3v) is 3.98. The van der Waals surface area contributed by atoms with Crippen LogP contribution >= 0.6 is 15.9 Å². The van der Waals surface area contributed by atoms with Gasteiger partial charge in [-0.3, -0.25) is 0 Å². The molecule has 20 heavy (non-hydrogen) atoms. The Labute approximate surface area is 130 Å². The van der Waals surface area contributed by atoms with E-state index in [-0.39, 0.29) is 0 Å². The summed E-state index contributed by atoms with van der Waals surface area (Å²) in [4.78, 5) is 2.28. The van der Waals surface area contributed by atoms with E-state index in [0.29, 0.717) is 6.10 Å². The van der Waals surface area contributed by atoms with Gasteiger partial charge in [0, 0.05) is 36.3 Å². The second-order valence-electron chi connectivity index (χ2n) is 5.77. The molecule has 1 aromatic rings. The summed E-state index contributed by atoms with van der Waals surface area (Å²) in [5.41, 5.74) is 2.63. The van der Waals surface area contributed by atoms with E-state index in [0.717, 1.165) is 30.2 Å². The lowest BCUT2D eigenvalue weighted by Gasteiger charge is -2.23. The molecule has 1 aliphatic rings. The zero-order chi connectivity index (χ0) is 14.5. The van der Waals surface area contributed by atoms with Crippen LogP contribution in [0.25, 0.3) is 0 Å². The molecule has 2 rings (SSSR count). The summed E-state index contributed by atoms with van der Waals surface area (Å²) in [6.07, 6.45) is 2.94. The highest BCUT2D eigenvalue weighted by Crippen LogP contribution is 2.26. The van der Waals surface area contributed by atoms with Crippen molar-refractivity contribution >= 4 is 21.6 Å². The molecule has 3 nitrogen and oxygen atoms in total. The molecule has 0 amide bonds. The highest BCUT2D eigenvalue weighted by atomic mass is 79.9. The van der Waals surface area contributed by atoms with Crippen molar-refractivity contribution in [3.63, 3.8) is 0 Å². The molecular formula is C16H25BrN2O. The van der Waals surface area contributed by atoms with Gasteiger partial charge in [0.1, 0.15) is 0 Å². The lowest BCUT2D eigenvalue weighted by atomic mass is 10.1. The number of hydrogen-bond acceptors (Lipinski definition) is 3. The minimum atomic E-state index is 0.296. The van der Waals surface area contributed by atoms with Crippen molar-refractivity contribution in [2.75, 3.05) is 25.1 Å². The van der Waals surface area contributed by atoms with Crippen molar-refractivity contribution in [2.45, 2.75) is 45.4 Å². The minimum Gasteiger partial charge on any atom is -0.377 e. The average Bonchev–Trinajstić information content (AvgIpc) is 3.19. The third kappa shape index (κ3) is 5.08. The first-order valence-corrected chi connectivity index (χ1v) is 8.20. The summed E-state index contributed by atoms with van der Waals surface area (Å²) in [7, 11) is 2.13. The number of hydrogen-bond donors (Lipinski definition) is 1. The largest absolute Gasteiger partial charge is 0.377 e. The lowest BCUT2D eigenvalue weighted by Crippen LogP contribution is -2.26. The highest BCUT2D eigenvalue weighted by molar-refractivity contribution is 9.10.